The van der Waals surface area contributed by atoms with Crippen LogP contribution >= 0.6 is 11.3 Å². The third kappa shape index (κ3) is 6.12. The maximum atomic E-state index is 12.2. The minimum absolute atomic E-state index is 0.177. The third-order valence-corrected chi connectivity index (χ3v) is 4.84. The second-order valence-corrected chi connectivity index (χ2v) is 6.75. The van der Waals surface area contributed by atoms with Gasteiger partial charge in [0.15, 0.2) is 5.01 Å². The summed E-state index contributed by atoms with van der Waals surface area (Å²) in [7, 11) is 1.62. The van der Waals surface area contributed by atoms with Crippen molar-refractivity contribution in [1.82, 2.24) is 15.8 Å². The molecule has 0 aliphatic rings. The molecular weight excluding hydrogens is 354 g/mol. The van der Waals surface area contributed by atoms with Crippen molar-refractivity contribution in [3.8, 4) is 16.2 Å². The van der Waals surface area contributed by atoms with Crippen LogP contribution in [0.1, 0.15) is 41.9 Å². The van der Waals surface area contributed by atoms with Gasteiger partial charge in [-0.2, -0.15) is 0 Å². The molecule has 0 radical (unpaired) electrons. The summed E-state index contributed by atoms with van der Waals surface area (Å²) >= 11 is 1.34. The van der Waals surface area contributed by atoms with Crippen LogP contribution in [0.4, 0.5) is 0 Å². The molecule has 8 heteroatoms. The van der Waals surface area contributed by atoms with Crippen LogP contribution in [0.25, 0.3) is 10.4 Å². The molecule has 2 aromatic rings. The molecule has 1 aromatic carbocycles. The highest BCUT2D eigenvalue weighted by atomic mass is 32.1. The van der Waals surface area contributed by atoms with Gasteiger partial charge in [0.1, 0.15) is 5.75 Å². The van der Waals surface area contributed by atoms with E-state index in [9.17, 15) is 9.59 Å². The van der Waals surface area contributed by atoms with E-state index in [-0.39, 0.29) is 11.8 Å². The number of carbonyl (C=O) groups is 2. The maximum Gasteiger partial charge on any atom is 0.280 e. The summed E-state index contributed by atoms with van der Waals surface area (Å²) in [6.07, 6.45) is 5.35. The molecule has 1 aromatic heterocycles. The number of unbranched alkanes of at least 4 members (excludes halogenated alkanes) is 3. The highest BCUT2D eigenvalue weighted by molar-refractivity contribution is 7.16. The molecule has 0 aliphatic carbocycles. The Hall–Kier alpha value is -2.45. The number of ether oxygens (including phenoxy) is 1. The highest BCUT2D eigenvalue weighted by Crippen LogP contribution is 2.28. The molecule has 0 aliphatic heterocycles. The molecule has 3 N–H and O–H groups in total. The van der Waals surface area contributed by atoms with E-state index in [1.54, 1.807) is 18.8 Å². The molecule has 0 saturated carbocycles. The van der Waals surface area contributed by atoms with Gasteiger partial charge in [0.2, 0.25) is 5.91 Å². The molecule has 0 atom stereocenters. The van der Waals surface area contributed by atoms with Crippen molar-refractivity contribution in [2.45, 2.75) is 32.1 Å². The van der Waals surface area contributed by atoms with Gasteiger partial charge in [0.05, 0.1) is 12.0 Å². The Morgan fingerprint density at radius 3 is 2.81 bits per heavy atom. The van der Waals surface area contributed by atoms with Crippen LogP contribution < -0.4 is 15.5 Å². The van der Waals surface area contributed by atoms with Crippen molar-refractivity contribution >= 4 is 23.2 Å². The topological polar surface area (TPSA) is 101 Å². The molecule has 26 heavy (non-hydrogen) atoms. The summed E-state index contributed by atoms with van der Waals surface area (Å²) in [5.41, 5.74) is 2.58. The Bertz CT molecular complexity index is 733. The summed E-state index contributed by atoms with van der Waals surface area (Å²) in [6.45, 7) is 0.569. The third-order valence-electron chi connectivity index (χ3n) is 3.80. The van der Waals surface area contributed by atoms with Gasteiger partial charge in [-0.25, -0.2) is 10.5 Å². The molecule has 0 saturated heterocycles. The predicted molar refractivity (Wildman–Crippen MR) is 99.4 cm³/mol. The van der Waals surface area contributed by atoms with Gasteiger partial charge in [-0.05, 0) is 30.5 Å². The molecule has 2 rings (SSSR count). The Morgan fingerprint density at radius 2 is 2.04 bits per heavy atom. The Balaban J connectivity index is 1.73. The molecule has 0 bridgehead atoms. The number of aromatic nitrogens is 1. The van der Waals surface area contributed by atoms with Crippen LogP contribution in [0.15, 0.2) is 30.5 Å². The van der Waals surface area contributed by atoms with Gasteiger partial charge in [-0.1, -0.05) is 25.0 Å². The van der Waals surface area contributed by atoms with Crippen LogP contribution in [0, 0.1) is 0 Å². The van der Waals surface area contributed by atoms with Gasteiger partial charge in [-0.15, -0.1) is 11.3 Å². The molecule has 0 unspecified atom stereocenters. The maximum absolute atomic E-state index is 12.2. The predicted octanol–water partition coefficient (Wildman–Crippen LogP) is 3.00. The van der Waals surface area contributed by atoms with E-state index in [4.69, 9.17) is 9.94 Å². The first-order valence-corrected chi connectivity index (χ1v) is 9.27. The minimum atomic E-state index is -0.367. The first-order valence-electron chi connectivity index (χ1n) is 8.45. The SMILES string of the molecule is COc1cccc(-c2cnc(C(=O)NCCCCCCC(=O)NO)s2)c1. The van der Waals surface area contributed by atoms with Gasteiger partial charge >= 0.3 is 0 Å². The average Bonchev–Trinajstić information content (AvgIpc) is 3.17. The van der Waals surface area contributed by atoms with Crippen molar-refractivity contribution in [1.29, 1.82) is 0 Å². The standard InChI is InChI=1S/C18H23N3O4S/c1-25-14-8-6-7-13(11-14)15-12-20-18(26-15)17(23)19-10-5-3-2-4-9-16(22)21-24/h6-8,11-12,24H,2-5,9-10H2,1H3,(H,19,23)(H,21,22). The monoisotopic (exact) mass is 377 g/mol. The fraction of sp³-hybridized carbons (Fsp3) is 0.389. The van der Waals surface area contributed by atoms with Crippen molar-refractivity contribution < 1.29 is 19.5 Å². The van der Waals surface area contributed by atoms with Gasteiger partial charge in [0.25, 0.3) is 5.91 Å². The van der Waals surface area contributed by atoms with Crippen molar-refractivity contribution in [3.05, 3.63) is 35.5 Å². The lowest BCUT2D eigenvalue weighted by atomic mass is 10.1. The number of nitrogens with one attached hydrogen (secondary N) is 2. The number of rotatable bonds is 10. The molecular formula is C18H23N3O4S. The quantitative estimate of drug-likeness (QED) is 0.336. The summed E-state index contributed by atoms with van der Waals surface area (Å²) < 4.78 is 5.21. The lowest BCUT2D eigenvalue weighted by molar-refractivity contribution is -0.129. The number of nitrogens with zero attached hydrogens (tertiary/aromatic N) is 1. The smallest absolute Gasteiger partial charge is 0.280 e. The molecule has 0 spiro atoms. The fourth-order valence-electron chi connectivity index (χ4n) is 2.39. The van der Waals surface area contributed by atoms with E-state index in [1.807, 2.05) is 24.3 Å². The van der Waals surface area contributed by atoms with E-state index >= 15 is 0 Å². The number of hydrogen-bond acceptors (Lipinski definition) is 6. The lowest BCUT2D eigenvalue weighted by Crippen LogP contribution is -2.24. The number of amides is 2. The van der Waals surface area contributed by atoms with E-state index in [2.05, 4.69) is 10.3 Å². The van der Waals surface area contributed by atoms with E-state index in [0.29, 0.717) is 18.0 Å². The summed E-state index contributed by atoms with van der Waals surface area (Å²) in [5.74, 6) is 0.219. The number of thiazole rings is 1. The van der Waals surface area contributed by atoms with Crippen LogP contribution in [0.3, 0.4) is 0 Å². The van der Waals surface area contributed by atoms with Crippen LogP contribution in [-0.4, -0.2) is 35.7 Å². The zero-order chi connectivity index (χ0) is 18.8. The van der Waals surface area contributed by atoms with Crippen molar-refractivity contribution in [3.63, 3.8) is 0 Å². The Morgan fingerprint density at radius 1 is 1.23 bits per heavy atom. The summed E-state index contributed by atoms with van der Waals surface area (Å²) in [6, 6.07) is 7.63. The number of benzene rings is 1. The highest BCUT2D eigenvalue weighted by Gasteiger charge is 2.12. The molecule has 140 valence electrons. The number of carbonyl (C=O) groups excluding carboxylic acids is 2. The molecule has 2 amide bonds. The summed E-state index contributed by atoms with van der Waals surface area (Å²) in [5, 5.41) is 11.7. The number of hydroxylamine groups is 1. The Kier molecular flexibility index (Phi) is 8.04. The van der Waals surface area contributed by atoms with Crippen LogP contribution in [0.5, 0.6) is 5.75 Å². The molecule has 7 nitrogen and oxygen atoms in total. The van der Waals surface area contributed by atoms with E-state index < -0.39 is 0 Å². The summed E-state index contributed by atoms with van der Waals surface area (Å²) in [4.78, 5) is 28.1. The van der Waals surface area contributed by atoms with E-state index in [1.165, 1.54) is 11.3 Å². The molecule has 0 fully saturated rings. The van der Waals surface area contributed by atoms with E-state index in [0.717, 1.165) is 41.9 Å². The van der Waals surface area contributed by atoms with Gasteiger partial charge < -0.3 is 10.1 Å². The lowest BCUT2D eigenvalue weighted by Gasteiger charge is -2.03. The first-order chi connectivity index (χ1) is 12.6. The second-order valence-electron chi connectivity index (χ2n) is 5.72. The molecule has 1 heterocycles. The zero-order valence-electron chi connectivity index (χ0n) is 14.7. The van der Waals surface area contributed by atoms with Crippen molar-refractivity contribution in [2.75, 3.05) is 13.7 Å². The van der Waals surface area contributed by atoms with Crippen LogP contribution in [0.2, 0.25) is 0 Å². The number of methoxy groups -OCH3 is 1. The van der Waals surface area contributed by atoms with Crippen molar-refractivity contribution in [2.24, 2.45) is 0 Å². The Labute approximate surface area is 156 Å². The minimum Gasteiger partial charge on any atom is -0.497 e. The normalized spacial score (nSPS) is 10.4. The van der Waals surface area contributed by atoms with Gasteiger partial charge in [-0.3, -0.25) is 14.8 Å². The first kappa shape index (κ1) is 19.9. The average molecular weight is 377 g/mol. The fourth-order valence-corrected chi connectivity index (χ4v) is 3.22. The largest absolute Gasteiger partial charge is 0.497 e. The second kappa shape index (κ2) is 10.5. The van der Waals surface area contributed by atoms with Gasteiger partial charge in [0, 0.05) is 19.2 Å². The zero-order valence-corrected chi connectivity index (χ0v) is 15.5. The number of hydrogen-bond donors (Lipinski definition) is 3. The van der Waals surface area contributed by atoms with Crippen LogP contribution in [-0.2, 0) is 4.79 Å².